The number of rotatable bonds is 4. The summed E-state index contributed by atoms with van der Waals surface area (Å²) in [7, 11) is 0. The van der Waals surface area contributed by atoms with Crippen LogP contribution in [-0.2, 0) is 0 Å². The van der Waals surface area contributed by atoms with Gasteiger partial charge in [-0.25, -0.2) is 9.37 Å². The molecule has 0 aliphatic rings. The molecule has 2 heterocycles. The molecule has 2 N–H and O–H groups in total. The van der Waals surface area contributed by atoms with Crippen LogP contribution in [0.25, 0.3) is 22.2 Å². The number of hydrogen-bond acceptors (Lipinski definition) is 3. The number of carbonyl (C=O) groups excluding carboxylic acids is 1. The average molecular weight is 374 g/mol. The van der Waals surface area contributed by atoms with E-state index in [-0.39, 0.29) is 17.8 Å². The van der Waals surface area contributed by atoms with Crippen molar-refractivity contribution >= 4 is 16.8 Å². The van der Waals surface area contributed by atoms with Crippen LogP contribution in [0.5, 0.6) is 0 Å². The van der Waals surface area contributed by atoms with Crippen molar-refractivity contribution in [2.75, 3.05) is 0 Å². The minimum Gasteiger partial charge on any atom is -0.342 e. The third kappa shape index (κ3) is 3.49. The van der Waals surface area contributed by atoms with Crippen molar-refractivity contribution in [3.05, 3.63) is 83.7 Å². The highest BCUT2D eigenvalue weighted by Gasteiger charge is 2.17. The van der Waals surface area contributed by atoms with Crippen molar-refractivity contribution in [2.24, 2.45) is 0 Å². The van der Waals surface area contributed by atoms with Crippen LogP contribution in [-0.4, -0.2) is 20.9 Å². The molecular weight excluding hydrogens is 355 g/mol. The molecule has 0 spiro atoms. The Morgan fingerprint density at radius 2 is 1.93 bits per heavy atom. The number of pyridine rings is 1. The van der Waals surface area contributed by atoms with Crippen LogP contribution in [0.15, 0.2) is 60.8 Å². The van der Waals surface area contributed by atoms with E-state index in [9.17, 15) is 9.18 Å². The van der Waals surface area contributed by atoms with Gasteiger partial charge in [-0.3, -0.25) is 9.78 Å². The molecule has 4 aromatic rings. The predicted octanol–water partition coefficient (Wildman–Crippen LogP) is 4.56. The Morgan fingerprint density at radius 3 is 2.71 bits per heavy atom. The van der Waals surface area contributed by atoms with E-state index in [0.29, 0.717) is 28.0 Å². The standard InChI is InChI=1S/C22H19FN4O/c1-13-10-18(17-9-8-16(23)11-19(17)25-13)22(28)26-14(2)21-24-12-20(27-21)15-6-4-3-5-7-15/h3-12,14H,1-2H3,(H,24,27)(H,26,28). The molecule has 0 bridgehead atoms. The van der Waals surface area contributed by atoms with Crippen LogP contribution in [0.2, 0.25) is 0 Å². The number of nitrogens with zero attached hydrogens (tertiary/aromatic N) is 2. The summed E-state index contributed by atoms with van der Waals surface area (Å²) in [6.45, 7) is 3.64. The molecule has 28 heavy (non-hydrogen) atoms. The van der Waals surface area contributed by atoms with E-state index in [2.05, 4.69) is 20.3 Å². The zero-order valence-electron chi connectivity index (χ0n) is 15.5. The SMILES string of the molecule is Cc1cc(C(=O)NC(C)c2ncc(-c3ccccc3)[nH]2)c2ccc(F)cc2n1. The van der Waals surface area contributed by atoms with Gasteiger partial charge in [0.2, 0.25) is 0 Å². The van der Waals surface area contributed by atoms with Crippen LogP contribution in [0.3, 0.4) is 0 Å². The number of benzene rings is 2. The normalized spacial score (nSPS) is 12.1. The average Bonchev–Trinajstić information content (AvgIpc) is 3.18. The molecule has 6 heteroatoms. The fraction of sp³-hybridized carbons (Fsp3) is 0.136. The van der Waals surface area contributed by atoms with E-state index in [4.69, 9.17) is 0 Å². The largest absolute Gasteiger partial charge is 0.342 e. The van der Waals surface area contributed by atoms with Gasteiger partial charge in [-0.05, 0) is 37.6 Å². The zero-order valence-corrected chi connectivity index (χ0v) is 15.5. The van der Waals surface area contributed by atoms with Crippen molar-refractivity contribution < 1.29 is 9.18 Å². The molecule has 2 aromatic carbocycles. The smallest absolute Gasteiger partial charge is 0.252 e. The van der Waals surface area contributed by atoms with E-state index in [1.54, 1.807) is 25.3 Å². The summed E-state index contributed by atoms with van der Waals surface area (Å²) < 4.78 is 13.5. The minimum atomic E-state index is -0.380. The second kappa shape index (κ2) is 7.23. The number of nitrogens with one attached hydrogen (secondary N) is 2. The molecule has 1 atom stereocenters. The number of carbonyl (C=O) groups is 1. The first-order chi connectivity index (χ1) is 13.5. The quantitative estimate of drug-likeness (QED) is 0.550. The summed E-state index contributed by atoms with van der Waals surface area (Å²) in [5, 5.41) is 3.57. The summed E-state index contributed by atoms with van der Waals surface area (Å²) in [4.78, 5) is 24.9. The number of aromatic nitrogens is 3. The summed E-state index contributed by atoms with van der Waals surface area (Å²) in [5.74, 6) is 0.0231. The Balaban J connectivity index is 1.59. The molecule has 0 aliphatic carbocycles. The maximum atomic E-state index is 13.5. The van der Waals surface area contributed by atoms with Gasteiger partial charge in [-0.2, -0.15) is 0 Å². The lowest BCUT2D eigenvalue weighted by Gasteiger charge is -2.13. The van der Waals surface area contributed by atoms with E-state index < -0.39 is 0 Å². The number of aryl methyl sites for hydroxylation is 1. The monoisotopic (exact) mass is 374 g/mol. The Morgan fingerprint density at radius 1 is 1.14 bits per heavy atom. The van der Waals surface area contributed by atoms with Crippen molar-refractivity contribution in [1.29, 1.82) is 0 Å². The van der Waals surface area contributed by atoms with E-state index >= 15 is 0 Å². The maximum absolute atomic E-state index is 13.5. The molecule has 0 aliphatic heterocycles. The number of halogens is 1. The first kappa shape index (κ1) is 17.9. The van der Waals surface area contributed by atoms with Gasteiger partial charge < -0.3 is 10.3 Å². The van der Waals surface area contributed by atoms with Gasteiger partial charge in [0, 0.05) is 17.1 Å². The minimum absolute atomic E-state index is 0.257. The first-order valence-electron chi connectivity index (χ1n) is 8.99. The molecular formula is C22H19FN4O. The van der Waals surface area contributed by atoms with Crippen LogP contribution in [0.1, 0.15) is 34.8 Å². The van der Waals surface area contributed by atoms with Gasteiger partial charge in [0.1, 0.15) is 11.6 Å². The Hall–Kier alpha value is -3.54. The summed E-state index contributed by atoms with van der Waals surface area (Å²) in [5.41, 5.74) is 3.49. The van der Waals surface area contributed by atoms with Gasteiger partial charge in [0.15, 0.2) is 0 Å². The molecule has 2 aromatic heterocycles. The summed E-state index contributed by atoms with van der Waals surface area (Å²) >= 11 is 0. The number of hydrogen-bond donors (Lipinski definition) is 2. The van der Waals surface area contributed by atoms with Crippen LogP contribution in [0, 0.1) is 12.7 Å². The molecule has 140 valence electrons. The lowest BCUT2D eigenvalue weighted by atomic mass is 10.1. The molecule has 0 saturated heterocycles. The molecule has 0 radical (unpaired) electrons. The third-order valence-electron chi connectivity index (χ3n) is 4.58. The molecule has 0 saturated carbocycles. The van der Waals surface area contributed by atoms with E-state index in [1.165, 1.54) is 12.1 Å². The number of aromatic amines is 1. The summed E-state index contributed by atoms with van der Waals surface area (Å²) in [6, 6.07) is 15.5. The zero-order chi connectivity index (χ0) is 19.7. The number of imidazole rings is 1. The Bertz CT molecular complexity index is 1150. The van der Waals surface area contributed by atoms with Gasteiger partial charge in [-0.1, -0.05) is 30.3 Å². The highest BCUT2D eigenvalue weighted by atomic mass is 19.1. The van der Waals surface area contributed by atoms with Crippen molar-refractivity contribution in [3.8, 4) is 11.3 Å². The number of fused-ring (bicyclic) bond motifs is 1. The Kier molecular flexibility index (Phi) is 4.61. The third-order valence-corrected chi connectivity index (χ3v) is 4.58. The molecule has 1 unspecified atom stereocenters. The number of amides is 1. The molecule has 4 rings (SSSR count). The maximum Gasteiger partial charge on any atom is 0.252 e. The second-order valence-electron chi connectivity index (χ2n) is 6.72. The highest BCUT2D eigenvalue weighted by Crippen LogP contribution is 2.22. The van der Waals surface area contributed by atoms with E-state index in [1.807, 2.05) is 37.3 Å². The molecule has 0 fully saturated rings. The summed E-state index contributed by atoms with van der Waals surface area (Å²) in [6.07, 6.45) is 1.75. The van der Waals surface area contributed by atoms with Crippen molar-refractivity contribution in [3.63, 3.8) is 0 Å². The lowest BCUT2D eigenvalue weighted by molar-refractivity contribution is 0.0940. The van der Waals surface area contributed by atoms with Gasteiger partial charge >= 0.3 is 0 Å². The van der Waals surface area contributed by atoms with Crippen LogP contribution >= 0.6 is 0 Å². The Labute approximate surface area is 161 Å². The highest BCUT2D eigenvalue weighted by molar-refractivity contribution is 6.06. The van der Waals surface area contributed by atoms with Crippen molar-refractivity contribution in [2.45, 2.75) is 19.9 Å². The molecule has 1 amide bonds. The second-order valence-corrected chi connectivity index (χ2v) is 6.72. The van der Waals surface area contributed by atoms with Gasteiger partial charge in [0.05, 0.1) is 29.0 Å². The number of H-pyrrole nitrogens is 1. The van der Waals surface area contributed by atoms with Gasteiger partial charge in [-0.15, -0.1) is 0 Å². The van der Waals surface area contributed by atoms with Crippen LogP contribution < -0.4 is 5.32 Å². The van der Waals surface area contributed by atoms with E-state index in [0.717, 1.165) is 11.3 Å². The lowest BCUT2D eigenvalue weighted by Crippen LogP contribution is -2.27. The predicted molar refractivity (Wildman–Crippen MR) is 106 cm³/mol. The van der Waals surface area contributed by atoms with Crippen molar-refractivity contribution in [1.82, 2.24) is 20.3 Å². The van der Waals surface area contributed by atoms with Crippen LogP contribution in [0.4, 0.5) is 4.39 Å². The fourth-order valence-electron chi connectivity index (χ4n) is 3.19. The first-order valence-corrected chi connectivity index (χ1v) is 8.99. The van der Waals surface area contributed by atoms with Gasteiger partial charge in [0.25, 0.3) is 5.91 Å². The molecule has 5 nitrogen and oxygen atoms in total. The fourth-order valence-corrected chi connectivity index (χ4v) is 3.19. The topological polar surface area (TPSA) is 70.7 Å².